The van der Waals surface area contributed by atoms with Crippen molar-refractivity contribution >= 4 is 6.09 Å². The number of benzene rings is 1. The van der Waals surface area contributed by atoms with Gasteiger partial charge in [-0.2, -0.15) is 0 Å². The number of hydrogen-bond donors (Lipinski definition) is 2. The van der Waals surface area contributed by atoms with Crippen LogP contribution in [0, 0.1) is 0 Å². The summed E-state index contributed by atoms with van der Waals surface area (Å²) in [5, 5.41) is 12.3. The lowest BCUT2D eigenvalue weighted by atomic mass is 10.0. The molecule has 1 aliphatic heterocycles. The normalized spacial score (nSPS) is 23.3. The average molecular weight is 264 g/mol. The molecule has 2 rings (SSSR count). The van der Waals surface area contributed by atoms with E-state index >= 15 is 0 Å². The second kappa shape index (κ2) is 6.54. The van der Waals surface area contributed by atoms with E-state index in [9.17, 15) is 4.79 Å². The van der Waals surface area contributed by atoms with Crippen LogP contribution in [-0.4, -0.2) is 48.4 Å². The Labute approximate surface area is 113 Å². The van der Waals surface area contributed by atoms with E-state index in [2.05, 4.69) is 5.32 Å². The maximum Gasteiger partial charge on any atom is 0.407 e. The maximum atomic E-state index is 11.0. The number of carbonyl (C=O) groups is 1. The molecule has 0 spiro atoms. The van der Waals surface area contributed by atoms with Crippen LogP contribution >= 0.6 is 0 Å². The summed E-state index contributed by atoms with van der Waals surface area (Å²) in [6, 6.07) is 10.1. The highest BCUT2D eigenvalue weighted by Crippen LogP contribution is 2.16. The van der Waals surface area contributed by atoms with Crippen molar-refractivity contribution in [1.29, 1.82) is 0 Å². The van der Waals surface area contributed by atoms with Crippen LogP contribution in [0.4, 0.5) is 4.79 Å². The molecule has 0 saturated carbocycles. The molecule has 1 aliphatic rings. The van der Waals surface area contributed by atoms with Crippen molar-refractivity contribution in [2.45, 2.75) is 25.2 Å². The zero-order valence-electron chi connectivity index (χ0n) is 11.1. The van der Waals surface area contributed by atoms with Crippen LogP contribution in [0.1, 0.15) is 12.0 Å². The van der Waals surface area contributed by atoms with Crippen molar-refractivity contribution in [2.75, 3.05) is 20.1 Å². The summed E-state index contributed by atoms with van der Waals surface area (Å²) in [6.07, 6.45) is -0.194. The van der Waals surface area contributed by atoms with Gasteiger partial charge in [-0.15, -0.1) is 0 Å². The number of nitrogens with one attached hydrogen (secondary N) is 1. The van der Waals surface area contributed by atoms with Crippen molar-refractivity contribution in [2.24, 2.45) is 0 Å². The van der Waals surface area contributed by atoms with Crippen LogP contribution in [-0.2, 0) is 11.3 Å². The van der Waals surface area contributed by atoms with Gasteiger partial charge >= 0.3 is 6.09 Å². The van der Waals surface area contributed by atoms with E-state index in [4.69, 9.17) is 9.84 Å². The fraction of sp³-hybridized carbons (Fsp3) is 0.500. The van der Waals surface area contributed by atoms with Gasteiger partial charge in [-0.1, -0.05) is 30.3 Å². The van der Waals surface area contributed by atoms with Crippen molar-refractivity contribution < 1.29 is 14.6 Å². The number of nitrogens with zero attached hydrogens (tertiary/aromatic N) is 1. The van der Waals surface area contributed by atoms with Gasteiger partial charge < -0.3 is 20.1 Å². The molecule has 1 heterocycles. The van der Waals surface area contributed by atoms with Gasteiger partial charge in [-0.25, -0.2) is 4.79 Å². The fourth-order valence-electron chi connectivity index (χ4n) is 2.37. The topological polar surface area (TPSA) is 61.8 Å². The van der Waals surface area contributed by atoms with Crippen molar-refractivity contribution in [3.05, 3.63) is 35.9 Å². The number of likely N-dealkylation sites (N-methyl/N-ethyl adjacent to an activating group) is 1. The molecule has 0 aliphatic carbocycles. The van der Waals surface area contributed by atoms with Crippen molar-refractivity contribution in [3.63, 3.8) is 0 Å². The van der Waals surface area contributed by atoms with Crippen LogP contribution in [0.3, 0.4) is 0 Å². The summed E-state index contributed by atoms with van der Waals surface area (Å²) in [7, 11) is 1.89. The SMILES string of the molecule is CNC1CCN(C(=O)O)CC1OCc1ccccc1. The molecule has 19 heavy (non-hydrogen) atoms. The van der Waals surface area contributed by atoms with Crippen molar-refractivity contribution in [3.8, 4) is 0 Å². The highest BCUT2D eigenvalue weighted by atomic mass is 16.5. The van der Waals surface area contributed by atoms with E-state index in [-0.39, 0.29) is 12.1 Å². The minimum Gasteiger partial charge on any atom is -0.465 e. The average Bonchev–Trinajstić information content (AvgIpc) is 2.45. The third-order valence-corrected chi connectivity index (χ3v) is 3.51. The Morgan fingerprint density at radius 2 is 2.21 bits per heavy atom. The Kier molecular flexibility index (Phi) is 4.76. The number of likely N-dealkylation sites (tertiary alicyclic amines) is 1. The molecule has 2 unspecified atom stereocenters. The van der Waals surface area contributed by atoms with Crippen LogP contribution in [0.25, 0.3) is 0 Å². The Balaban J connectivity index is 1.93. The maximum absolute atomic E-state index is 11.0. The summed E-state index contributed by atoms with van der Waals surface area (Å²) in [5.41, 5.74) is 1.10. The first-order valence-electron chi connectivity index (χ1n) is 6.51. The first kappa shape index (κ1) is 13.8. The number of ether oxygens (including phenoxy) is 1. The van der Waals surface area contributed by atoms with E-state index in [1.54, 1.807) is 0 Å². The lowest BCUT2D eigenvalue weighted by molar-refractivity contribution is -0.0248. The van der Waals surface area contributed by atoms with Gasteiger partial charge in [-0.05, 0) is 19.0 Å². The summed E-state index contributed by atoms with van der Waals surface area (Å²) in [4.78, 5) is 12.4. The third kappa shape index (κ3) is 3.68. The zero-order chi connectivity index (χ0) is 13.7. The molecule has 1 fully saturated rings. The fourth-order valence-corrected chi connectivity index (χ4v) is 2.37. The van der Waals surface area contributed by atoms with Crippen LogP contribution < -0.4 is 5.32 Å². The van der Waals surface area contributed by atoms with Gasteiger partial charge in [0.05, 0.1) is 19.3 Å². The van der Waals surface area contributed by atoms with Crippen LogP contribution in [0.15, 0.2) is 30.3 Å². The molecule has 2 N–H and O–H groups in total. The molecule has 5 heteroatoms. The predicted molar refractivity (Wildman–Crippen MR) is 72.1 cm³/mol. The first-order chi connectivity index (χ1) is 9.20. The molecule has 0 aromatic heterocycles. The Morgan fingerprint density at radius 1 is 1.47 bits per heavy atom. The minimum absolute atomic E-state index is 0.102. The highest BCUT2D eigenvalue weighted by Gasteiger charge is 2.31. The van der Waals surface area contributed by atoms with E-state index in [0.717, 1.165) is 12.0 Å². The largest absolute Gasteiger partial charge is 0.465 e. The van der Waals surface area contributed by atoms with Gasteiger partial charge in [0.15, 0.2) is 0 Å². The van der Waals surface area contributed by atoms with E-state index in [0.29, 0.717) is 19.7 Å². The van der Waals surface area contributed by atoms with Gasteiger partial charge in [0, 0.05) is 12.6 Å². The number of rotatable bonds is 4. The van der Waals surface area contributed by atoms with Crippen LogP contribution in [0.5, 0.6) is 0 Å². The molecule has 1 aromatic rings. The van der Waals surface area contributed by atoms with Gasteiger partial charge in [0.2, 0.25) is 0 Å². The molecule has 1 saturated heterocycles. The van der Waals surface area contributed by atoms with Gasteiger partial charge in [0.1, 0.15) is 0 Å². The van der Waals surface area contributed by atoms with Crippen molar-refractivity contribution in [1.82, 2.24) is 10.2 Å². The number of piperidine rings is 1. The Hall–Kier alpha value is -1.59. The lowest BCUT2D eigenvalue weighted by Gasteiger charge is -2.36. The minimum atomic E-state index is -0.872. The summed E-state index contributed by atoms with van der Waals surface area (Å²) >= 11 is 0. The summed E-state index contributed by atoms with van der Waals surface area (Å²) in [6.45, 7) is 1.50. The van der Waals surface area contributed by atoms with E-state index in [1.165, 1.54) is 4.90 Å². The second-order valence-corrected chi connectivity index (χ2v) is 4.75. The molecule has 104 valence electrons. The molecular formula is C14H20N2O3. The Bertz CT molecular complexity index is 410. The molecular weight excluding hydrogens is 244 g/mol. The molecule has 1 aromatic carbocycles. The highest BCUT2D eigenvalue weighted by molar-refractivity contribution is 5.65. The molecule has 0 radical (unpaired) electrons. The van der Waals surface area contributed by atoms with Gasteiger partial charge in [-0.3, -0.25) is 0 Å². The molecule has 0 bridgehead atoms. The second-order valence-electron chi connectivity index (χ2n) is 4.75. The first-order valence-corrected chi connectivity index (χ1v) is 6.51. The summed E-state index contributed by atoms with van der Waals surface area (Å²) < 4.78 is 5.89. The molecule has 5 nitrogen and oxygen atoms in total. The van der Waals surface area contributed by atoms with Crippen LogP contribution in [0.2, 0.25) is 0 Å². The number of amides is 1. The zero-order valence-corrected chi connectivity index (χ0v) is 11.1. The van der Waals surface area contributed by atoms with E-state index < -0.39 is 6.09 Å². The number of hydrogen-bond acceptors (Lipinski definition) is 3. The monoisotopic (exact) mass is 264 g/mol. The van der Waals surface area contributed by atoms with Gasteiger partial charge in [0.25, 0.3) is 0 Å². The smallest absolute Gasteiger partial charge is 0.407 e. The lowest BCUT2D eigenvalue weighted by Crippen LogP contribution is -2.54. The standard InChI is InChI=1S/C14H20N2O3/c1-15-12-7-8-16(14(17)18)9-13(12)19-10-11-5-3-2-4-6-11/h2-6,12-13,15H,7-10H2,1H3,(H,17,18). The predicted octanol–water partition coefficient (Wildman–Crippen LogP) is 1.54. The third-order valence-electron chi connectivity index (χ3n) is 3.51. The number of carboxylic acid groups (broad SMARTS) is 1. The summed E-state index contributed by atoms with van der Waals surface area (Å²) in [5.74, 6) is 0. The molecule has 2 atom stereocenters. The Morgan fingerprint density at radius 3 is 2.84 bits per heavy atom. The van der Waals surface area contributed by atoms with E-state index in [1.807, 2.05) is 37.4 Å². The quantitative estimate of drug-likeness (QED) is 0.866. The molecule has 1 amide bonds.